The second-order valence-electron chi connectivity index (χ2n) is 8.73. The number of carbonyl (C=O) groups excluding carboxylic acids is 1. The van der Waals surface area contributed by atoms with Crippen LogP contribution in [0.1, 0.15) is 0 Å². The fraction of sp³-hybridized carbons (Fsp3) is 0.179. The van der Waals surface area contributed by atoms with Gasteiger partial charge in [0, 0.05) is 44.1 Å². The van der Waals surface area contributed by atoms with Crippen LogP contribution in [0.15, 0.2) is 90.2 Å². The van der Waals surface area contributed by atoms with Gasteiger partial charge in [-0.3, -0.25) is 4.79 Å². The fourth-order valence-electron chi connectivity index (χ4n) is 4.72. The molecule has 8 heteroatoms. The zero-order chi connectivity index (χ0) is 24.5. The van der Waals surface area contributed by atoms with Crippen LogP contribution in [0, 0.1) is 5.82 Å². The molecule has 5 aromatic rings. The number of benzene rings is 3. The van der Waals surface area contributed by atoms with Gasteiger partial charge < -0.3 is 9.80 Å². The van der Waals surface area contributed by atoms with Gasteiger partial charge in [-0.25, -0.2) is 13.9 Å². The number of aromatic nitrogens is 3. The molecule has 1 aliphatic heterocycles. The van der Waals surface area contributed by atoms with Crippen molar-refractivity contribution in [2.24, 2.45) is 0 Å². The Labute approximate surface area is 212 Å². The zero-order valence-electron chi connectivity index (χ0n) is 19.5. The largest absolute Gasteiger partial charge is 0.366 e. The molecular formula is C28H24FN5OS. The first-order chi connectivity index (χ1) is 17.7. The lowest BCUT2D eigenvalue weighted by molar-refractivity contribution is -0.128. The summed E-state index contributed by atoms with van der Waals surface area (Å²) in [7, 11) is 0. The molecule has 0 bridgehead atoms. The Hall–Kier alpha value is -3.91. The fourth-order valence-corrected chi connectivity index (χ4v) is 5.59. The molecule has 3 aromatic carbocycles. The minimum Gasteiger partial charge on any atom is -0.366 e. The number of para-hydroxylation sites is 1. The van der Waals surface area contributed by atoms with Gasteiger partial charge in [0.1, 0.15) is 10.8 Å². The summed E-state index contributed by atoms with van der Waals surface area (Å²) < 4.78 is 15.9. The van der Waals surface area contributed by atoms with Gasteiger partial charge in [0.25, 0.3) is 0 Å². The van der Waals surface area contributed by atoms with Crippen molar-refractivity contribution in [3.05, 3.63) is 91.0 Å². The van der Waals surface area contributed by atoms with Gasteiger partial charge in [0.2, 0.25) is 5.91 Å². The predicted octanol–water partition coefficient (Wildman–Crippen LogP) is 5.13. The number of hydrogen-bond acceptors (Lipinski definition) is 5. The number of halogens is 1. The zero-order valence-corrected chi connectivity index (χ0v) is 20.4. The molecule has 0 spiro atoms. The SMILES string of the molecule is O=C(CSc1nccn2nc(-c3cccc4ccccc34)cc12)N1CCN(c2ccccc2F)CC1. The Morgan fingerprint density at radius 2 is 1.72 bits per heavy atom. The minimum atomic E-state index is -0.226. The maximum absolute atomic E-state index is 14.1. The van der Waals surface area contributed by atoms with E-state index in [4.69, 9.17) is 5.10 Å². The number of piperazine rings is 1. The lowest BCUT2D eigenvalue weighted by Gasteiger charge is -2.36. The van der Waals surface area contributed by atoms with Crippen LogP contribution in [-0.4, -0.2) is 57.3 Å². The number of amides is 1. The van der Waals surface area contributed by atoms with E-state index in [1.807, 2.05) is 50.8 Å². The number of carbonyl (C=O) groups is 1. The van der Waals surface area contributed by atoms with E-state index in [0.29, 0.717) is 37.6 Å². The van der Waals surface area contributed by atoms with Crippen molar-refractivity contribution in [2.75, 3.05) is 36.8 Å². The standard InChI is InChI=1S/C28H24FN5OS/c29-23-10-3-4-11-25(23)32-14-16-33(17-15-32)27(35)19-36-28-26-18-24(31-34(26)13-12-30-28)22-9-5-7-20-6-1-2-8-21(20)22/h1-13,18H,14-17,19H2. The van der Waals surface area contributed by atoms with Crippen molar-refractivity contribution in [1.82, 2.24) is 19.5 Å². The van der Waals surface area contributed by atoms with Crippen molar-refractivity contribution in [3.8, 4) is 11.3 Å². The Balaban J connectivity index is 1.16. The molecule has 180 valence electrons. The molecule has 3 heterocycles. The highest BCUT2D eigenvalue weighted by Crippen LogP contribution is 2.31. The average Bonchev–Trinajstić information content (AvgIpc) is 3.37. The van der Waals surface area contributed by atoms with Gasteiger partial charge in [-0.1, -0.05) is 66.4 Å². The van der Waals surface area contributed by atoms with E-state index in [1.54, 1.807) is 18.3 Å². The third-order valence-electron chi connectivity index (χ3n) is 6.58. The van der Waals surface area contributed by atoms with Crippen molar-refractivity contribution in [1.29, 1.82) is 0 Å². The molecule has 6 nitrogen and oxygen atoms in total. The molecule has 1 amide bonds. The number of thioether (sulfide) groups is 1. The van der Waals surface area contributed by atoms with Crippen LogP contribution in [0.3, 0.4) is 0 Å². The van der Waals surface area contributed by atoms with Crippen LogP contribution in [0.2, 0.25) is 0 Å². The summed E-state index contributed by atoms with van der Waals surface area (Å²) in [6.07, 6.45) is 3.55. The highest BCUT2D eigenvalue weighted by atomic mass is 32.2. The predicted molar refractivity (Wildman–Crippen MR) is 142 cm³/mol. The van der Waals surface area contributed by atoms with Crippen LogP contribution in [0.5, 0.6) is 0 Å². The molecule has 6 rings (SSSR count). The summed E-state index contributed by atoms with van der Waals surface area (Å²) in [4.78, 5) is 21.3. The molecule has 0 radical (unpaired) electrons. The average molecular weight is 498 g/mol. The quantitative estimate of drug-likeness (QED) is 0.315. The summed E-state index contributed by atoms with van der Waals surface area (Å²) in [5.41, 5.74) is 3.41. The Morgan fingerprint density at radius 1 is 0.944 bits per heavy atom. The number of nitrogens with zero attached hydrogens (tertiary/aromatic N) is 5. The number of fused-ring (bicyclic) bond motifs is 2. The monoisotopic (exact) mass is 497 g/mol. The van der Waals surface area contributed by atoms with E-state index in [9.17, 15) is 9.18 Å². The first-order valence-corrected chi connectivity index (χ1v) is 12.9. The number of rotatable bonds is 5. The van der Waals surface area contributed by atoms with E-state index in [2.05, 4.69) is 29.2 Å². The maximum atomic E-state index is 14.1. The van der Waals surface area contributed by atoms with Gasteiger partial charge in [-0.2, -0.15) is 5.10 Å². The van der Waals surface area contributed by atoms with E-state index in [-0.39, 0.29) is 11.7 Å². The van der Waals surface area contributed by atoms with E-state index in [1.165, 1.54) is 23.2 Å². The second kappa shape index (κ2) is 9.62. The molecule has 0 N–H and O–H groups in total. The molecule has 1 fully saturated rings. The molecule has 0 unspecified atom stereocenters. The van der Waals surface area contributed by atoms with Gasteiger partial charge in [0.05, 0.1) is 22.7 Å². The summed E-state index contributed by atoms with van der Waals surface area (Å²) in [5, 5.41) is 7.88. The van der Waals surface area contributed by atoms with Crippen LogP contribution in [-0.2, 0) is 4.79 Å². The molecule has 0 atom stereocenters. The van der Waals surface area contributed by atoms with Crippen LogP contribution in [0.25, 0.3) is 27.5 Å². The van der Waals surface area contributed by atoms with E-state index >= 15 is 0 Å². The van der Waals surface area contributed by atoms with Gasteiger partial charge >= 0.3 is 0 Å². The number of anilines is 1. The van der Waals surface area contributed by atoms with Crippen molar-refractivity contribution >= 4 is 39.6 Å². The summed E-state index contributed by atoms with van der Waals surface area (Å²) in [6, 6.07) is 23.3. The molecule has 36 heavy (non-hydrogen) atoms. The summed E-state index contributed by atoms with van der Waals surface area (Å²) >= 11 is 1.43. The summed E-state index contributed by atoms with van der Waals surface area (Å²) in [6.45, 7) is 2.37. The molecule has 0 saturated carbocycles. The first kappa shape index (κ1) is 22.5. The first-order valence-electron chi connectivity index (χ1n) is 11.9. The van der Waals surface area contributed by atoms with Crippen LogP contribution in [0.4, 0.5) is 10.1 Å². The van der Waals surface area contributed by atoms with Crippen LogP contribution >= 0.6 is 11.8 Å². The smallest absolute Gasteiger partial charge is 0.233 e. The Kier molecular flexibility index (Phi) is 6.03. The highest BCUT2D eigenvalue weighted by Gasteiger charge is 2.23. The topological polar surface area (TPSA) is 53.7 Å². The van der Waals surface area contributed by atoms with Gasteiger partial charge in [-0.05, 0) is 29.0 Å². The van der Waals surface area contributed by atoms with Crippen molar-refractivity contribution in [3.63, 3.8) is 0 Å². The maximum Gasteiger partial charge on any atom is 0.233 e. The van der Waals surface area contributed by atoms with Crippen molar-refractivity contribution in [2.45, 2.75) is 5.03 Å². The summed E-state index contributed by atoms with van der Waals surface area (Å²) in [5.74, 6) is 0.127. The van der Waals surface area contributed by atoms with Gasteiger partial charge in [0.15, 0.2) is 0 Å². The Morgan fingerprint density at radius 3 is 2.58 bits per heavy atom. The van der Waals surface area contributed by atoms with E-state index in [0.717, 1.165) is 27.2 Å². The lowest BCUT2D eigenvalue weighted by Crippen LogP contribution is -2.49. The number of hydrogen-bond donors (Lipinski definition) is 0. The van der Waals surface area contributed by atoms with E-state index < -0.39 is 0 Å². The molecule has 0 aliphatic carbocycles. The normalized spacial score (nSPS) is 14.0. The molecule has 2 aromatic heterocycles. The van der Waals surface area contributed by atoms with Crippen LogP contribution < -0.4 is 4.90 Å². The molecule has 1 saturated heterocycles. The highest BCUT2D eigenvalue weighted by molar-refractivity contribution is 8.00. The third-order valence-corrected chi connectivity index (χ3v) is 7.56. The minimum absolute atomic E-state index is 0.0609. The molecule has 1 aliphatic rings. The third kappa shape index (κ3) is 4.28. The lowest BCUT2D eigenvalue weighted by atomic mass is 10.0. The molecular weight excluding hydrogens is 473 g/mol. The van der Waals surface area contributed by atoms with Gasteiger partial charge in [-0.15, -0.1) is 0 Å². The second-order valence-corrected chi connectivity index (χ2v) is 9.69. The van der Waals surface area contributed by atoms with Crippen molar-refractivity contribution < 1.29 is 9.18 Å². The Bertz CT molecular complexity index is 1560.